The molecule has 0 saturated carbocycles. The van der Waals surface area contributed by atoms with Crippen molar-refractivity contribution in [3.8, 4) is 0 Å². The third-order valence-corrected chi connectivity index (χ3v) is 4.41. The predicted octanol–water partition coefficient (Wildman–Crippen LogP) is 1.49. The number of nitrogens with one attached hydrogen (secondary N) is 1. The Labute approximate surface area is 127 Å². The van der Waals surface area contributed by atoms with Gasteiger partial charge in [-0.3, -0.25) is 4.90 Å². The number of hydrogen-bond acceptors (Lipinski definition) is 4. The summed E-state index contributed by atoms with van der Waals surface area (Å²) in [6.07, 6.45) is 7.17. The molecule has 1 saturated heterocycles. The normalized spacial score (nSPS) is 26.4. The number of fused-ring (bicyclic) bond motifs is 1. The fourth-order valence-electron chi connectivity index (χ4n) is 3.26. The molecule has 2 atom stereocenters. The Bertz CT molecular complexity index is 445. The van der Waals surface area contributed by atoms with E-state index in [1.54, 1.807) is 0 Å². The van der Waals surface area contributed by atoms with Crippen LogP contribution in [-0.2, 0) is 17.8 Å². The predicted molar refractivity (Wildman–Crippen MR) is 83.1 cm³/mol. The summed E-state index contributed by atoms with van der Waals surface area (Å²) in [5, 5.41) is 3.51. The van der Waals surface area contributed by atoms with Crippen LogP contribution in [0.1, 0.15) is 32.5 Å². The SMILES string of the molecule is CC(C)CNCC1CCC(CN2CCn3ccnc3C2)O1. The van der Waals surface area contributed by atoms with Crippen molar-refractivity contribution in [1.82, 2.24) is 19.8 Å². The molecule has 0 aliphatic carbocycles. The Hall–Kier alpha value is -0.910. The van der Waals surface area contributed by atoms with Crippen LogP contribution in [0.2, 0.25) is 0 Å². The lowest BCUT2D eigenvalue weighted by molar-refractivity contribution is 0.0178. The van der Waals surface area contributed by atoms with E-state index in [2.05, 4.69) is 39.8 Å². The highest BCUT2D eigenvalue weighted by atomic mass is 16.5. The van der Waals surface area contributed by atoms with Gasteiger partial charge in [0.25, 0.3) is 0 Å². The van der Waals surface area contributed by atoms with Gasteiger partial charge in [0.05, 0.1) is 18.8 Å². The minimum Gasteiger partial charge on any atom is -0.372 e. The molecule has 5 nitrogen and oxygen atoms in total. The second kappa shape index (κ2) is 6.90. The van der Waals surface area contributed by atoms with Gasteiger partial charge in [0.1, 0.15) is 5.82 Å². The van der Waals surface area contributed by atoms with E-state index in [1.165, 1.54) is 18.7 Å². The summed E-state index contributed by atoms with van der Waals surface area (Å²) in [7, 11) is 0. The topological polar surface area (TPSA) is 42.3 Å². The van der Waals surface area contributed by atoms with Gasteiger partial charge in [-0.05, 0) is 25.3 Å². The van der Waals surface area contributed by atoms with E-state index in [4.69, 9.17) is 4.74 Å². The van der Waals surface area contributed by atoms with Gasteiger partial charge in [-0.15, -0.1) is 0 Å². The van der Waals surface area contributed by atoms with Crippen molar-refractivity contribution in [3.63, 3.8) is 0 Å². The summed E-state index contributed by atoms with van der Waals surface area (Å²) < 4.78 is 8.44. The Morgan fingerprint density at radius 2 is 2.19 bits per heavy atom. The minimum atomic E-state index is 0.400. The smallest absolute Gasteiger partial charge is 0.122 e. The molecule has 2 unspecified atom stereocenters. The summed E-state index contributed by atoms with van der Waals surface area (Å²) in [6, 6.07) is 0. The van der Waals surface area contributed by atoms with Crippen LogP contribution >= 0.6 is 0 Å². The van der Waals surface area contributed by atoms with Crippen molar-refractivity contribution in [1.29, 1.82) is 0 Å². The Morgan fingerprint density at radius 3 is 3.05 bits per heavy atom. The molecule has 2 aliphatic heterocycles. The Balaban J connectivity index is 1.39. The highest BCUT2D eigenvalue weighted by Crippen LogP contribution is 2.21. The molecule has 0 bridgehead atoms. The lowest BCUT2D eigenvalue weighted by Gasteiger charge is -2.29. The second-order valence-electron chi connectivity index (χ2n) is 6.78. The number of ether oxygens (including phenoxy) is 1. The van der Waals surface area contributed by atoms with E-state index in [0.29, 0.717) is 18.1 Å². The summed E-state index contributed by atoms with van der Waals surface area (Å²) in [4.78, 5) is 6.91. The van der Waals surface area contributed by atoms with Gasteiger partial charge >= 0.3 is 0 Å². The zero-order valence-corrected chi connectivity index (χ0v) is 13.3. The summed E-state index contributed by atoms with van der Waals surface area (Å²) in [5.41, 5.74) is 0. The van der Waals surface area contributed by atoms with E-state index in [0.717, 1.165) is 39.3 Å². The maximum absolute atomic E-state index is 6.18. The quantitative estimate of drug-likeness (QED) is 0.863. The van der Waals surface area contributed by atoms with Crippen molar-refractivity contribution in [3.05, 3.63) is 18.2 Å². The number of imidazole rings is 1. The van der Waals surface area contributed by atoms with Gasteiger partial charge in [0.2, 0.25) is 0 Å². The van der Waals surface area contributed by atoms with E-state index >= 15 is 0 Å². The summed E-state index contributed by atoms with van der Waals surface area (Å²) in [6.45, 7) is 10.7. The lowest BCUT2D eigenvalue weighted by atomic mass is 10.1. The second-order valence-corrected chi connectivity index (χ2v) is 6.78. The molecule has 0 amide bonds. The van der Waals surface area contributed by atoms with E-state index in [1.807, 2.05) is 6.20 Å². The van der Waals surface area contributed by atoms with Crippen molar-refractivity contribution in [2.75, 3.05) is 26.2 Å². The van der Waals surface area contributed by atoms with Crippen LogP contribution < -0.4 is 5.32 Å². The van der Waals surface area contributed by atoms with E-state index in [-0.39, 0.29) is 0 Å². The fraction of sp³-hybridized carbons (Fsp3) is 0.812. The molecule has 5 heteroatoms. The van der Waals surface area contributed by atoms with Gasteiger partial charge in [0.15, 0.2) is 0 Å². The third kappa shape index (κ3) is 4.05. The van der Waals surface area contributed by atoms with Crippen molar-refractivity contribution < 1.29 is 4.74 Å². The molecule has 0 spiro atoms. The molecule has 3 heterocycles. The van der Waals surface area contributed by atoms with Crippen molar-refractivity contribution >= 4 is 0 Å². The maximum atomic E-state index is 6.18. The molecule has 21 heavy (non-hydrogen) atoms. The van der Waals surface area contributed by atoms with Crippen LogP contribution in [-0.4, -0.2) is 52.8 Å². The average Bonchev–Trinajstić information content (AvgIpc) is 3.07. The monoisotopic (exact) mass is 292 g/mol. The molecule has 1 aromatic heterocycles. The van der Waals surface area contributed by atoms with Gasteiger partial charge in [-0.1, -0.05) is 13.8 Å². The Morgan fingerprint density at radius 1 is 1.33 bits per heavy atom. The number of hydrogen-bond donors (Lipinski definition) is 1. The highest BCUT2D eigenvalue weighted by molar-refractivity contribution is 4.96. The number of nitrogens with zero attached hydrogens (tertiary/aromatic N) is 3. The standard InChI is InChI=1S/C16H28N4O/c1-13(2)9-17-10-14-3-4-15(21-14)11-19-7-8-20-6-5-18-16(20)12-19/h5-6,13-15,17H,3-4,7-12H2,1-2H3. The fourth-order valence-corrected chi connectivity index (χ4v) is 3.26. The van der Waals surface area contributed by atoms with Crippen LogP contribution in [0.4, 0.5) is 0 Å². The van der Waals surface area contributed by atoms with Crippen molar-refractivity contribution in [2.45, 2.75) is 52.0 Å². The molecule has 0 radical (unpaired) electrons. The first kappa shape index (κ1) is 15.0. The van der Waals surface area contributed by atoms with Gasteiger partial charge in [-0.2, -0.15) is 0 Å². The summed E-state index contributed by atoms with van der Waals surface area (Å²) >= 11 is 0. The van der Waals surface area contributed by atoms with Crippen molar-refractivity contribution in [2.24, 2.45) is 5.92 Å². The number of rotatable bonds is 6. The zero-order valence-electron chi connectivity index (χ0n) is 13.3. The van der Waals surface area contributed by atoms with Crippen LogP contribution in [0.25, 0.3) is 0 Å². The molecule has 1 fully saturated rings. The molecule has 1 N–H and O–H groups in total. The van der Waals surface area contributed by atoms with Crippen LogP contribution in [0.5, 0.6) is 0 Å². The molecular weight excluding hydrogens is 264 g/mol. The third-order valence-electron chi connectivity index (χ3n) is 4.41. The summed E-state index contributed by atoms with van der Waals surface area (Å²) in [5.74, 6) is 1.90. The van der Waals surface area contributed by atoms with Crippen LogP contribution in [0, 0.1) is 5.92 Å². The molecular formula is C16H28N4O. The van der Waals surface area contributed by atoms with Gasteiger partial charge in [-0.25, -0.2) is 4.98 Å². The van der Waals surface area contributed by atoms with E-state index < -0.39 is 0 Å². The molecule has 2 aliphatic rings. The van der Waals surface area contributed by atoms with E-state index in [9.17, 15) is 0 Å². The molecule has 3 rings (SSSR count). The Kier molecular flexibility index (Phi) is 4.93. The molecule has 0 aromatic carbocycles. The largest absolute Gasteiger partial charge is 0.372 e. The minimum absolute atomic E-state index is 0.400. The lowest BCUT2D eigenvalue weighted by Crippen LogP contribution is -2.39. The first-order valence-corrected chi connectivity index (χ1v) is 8.29. The first-order valence-electron chi connectivity index (χ1n) is 8.29. The maximum Gasteiger partial charge on any atom is 0.122 e. The highest BCUT2D eigenvalue weighted by Gasteiger charge is 2.28. The van der Waals surface area contributed by atoms with Gasteiger partial charge < -0.3 is 14.6 Å². The van der Waals surface area contributed by atoms with Crippen LogP contribution in [0.3, 0.4) is 0 Å². The molecule has 1 aromatic rings. The average molecular weight is 292 g/mol. The van der Waals surface area contributed by atoms with Gasteiger partial charge in [0, 0.05) is 38.6 Å². The van der Waals surface area contributed by atoms with Crippen LogP contribution in [0.15, 0.2) is 12.4 Å². The number of aromatic nitrogens is 2. The zero-order chi connectivity index (χ0) is 14.7. The molecule has 118 valence electrons. The first-order chi connectivity index (χ1) is 10.2.